The third-order valence-electron chi connectivity index (χ3n) is 4.14. The highest BCUT2D eigenvalue weighted by Crippen LogP contribution is 2.24. The number of anilines is 2. The SMILES string of the molecule is COCn1cc(NC(=S)Nc2c(C)nn(Cc3c(F)cccc3Cl)c2C)cn1. The molecule has 1 aromatic carbocycles. The van der Waals surface area contributed by atoms with E-state index in [1.54, 1.807) is 41.0 Å². The zero-order valence-corrected chi connectivity index (χ0v) is 17.2. The van der Waals surface area contributed by atoms with Gasteiger partial charge >= 0.3 is 0 Å². The largest absolute Gasteiger partial charge is 0.362 e. The highest BCUT2D eigenvalue weighted by atomic mass is 35.5. The molecular formula is C18H20ClFN6OS. The highest BCUT2D eigenvalue weighted by molar-refractivity contribution is 7.80. The van der Waals surface area contributed by atoms with Crippen molar-refractivity contribution in [1.82, 2.24) is 19.6 Å². The highest BCUT2D eigenvalue weighted by Gasteiger charge is 2.16. The fourth-order valence-corrected chi connectivity index (χ4v) is 3.21. The molecule has 0 bridgehead atoms. The van der Waals surface area contributed by atoms with Gasteiger partial charge in [-0.05, 0) is 38.2 Å². The third-order valence-corrected chi connectivity index (χ3v) is 4.70. The molecule has 0 saturated heterocycles. The Labute approximate surface area is 172 Å². The van der Waals surface area contributed by atoms with E-state index in [-0.39, 0.29) is 12.4 Å². The maximum absolute atomic E-state index is 14.1. The summed E-state index contributed by atoms with van der Waals surface area (Å²) in [5.74, 6) is -0.361. The first-order valence-corrected chi connectivity index (χ1v) is 9.24. The van der Waals surface area contributed by atoms with Crippen molar-refractivity contribution in [3.8, 4) is 0 Å². The Bertz CT molecular complexity index is 982. The van der Waals surface area contributed by atoms with Crippen LogP contribution >= 0.6 is 23.8 Å². The zero-order chi connectivity index (χ0) is 20.3. The van der Waals surface area contributed by atoms with Crippen molar-refractivity contribution in [3.05, 3.63) is 58.4 Å². The number of aryl methyl sites for hydroxylation is 1. The average Bonchev–Trinajstić information content (AvgIpc) is 3.18. The summed E-state index contributed by atoms with van der Waals surface area (Å²) in [6, 6.07) is 4.62. The van der Waals surface area contributed by atoms with Crippen LogP contribution in [0.4, 0.5) is 15.8 Å². The Morgan fingerprint density at radius 2 is 2.11 bits per heavy atom. The van der Waals surface area contributed by atoms with Crippen LogP contribution in [0.1, 0.15) is 17.0 Å². The minimum Gasteiger partial charge on any atom is -0.362 e. The van der Waals surface area contributed by atoms with E-state index in [9.17, 15) is 4.39 Å². The maximum atomic E-state index is 14.1. The number of aromatic nitrogens is 4. The number of methoxy groups -OCH3 is 1. The summed E-state index contributed by atoms with van der Waals surface area (Å²) in [6.07, 6.45) is 3.43. The van der Waals surface area contributed by atoms with E-state index in [4.69, 9.17) is 28.6 Å². The Balaban J connectivity index is 1.73. The number of benzene rings is 1. The molecule has 0 aliphatic carbocycles. The van der Waals surface area contributed by atoms with Crippen LogP contribution in [0.15, 0.2) is 30.6 Å². The van der Waals surface area contributed by atoms with Crippen molar-refractivity contribution < 1.29 is 9.13 Å². The lowest BCUT2D eigenvalue weighted by Crippen LogP contribution is -2.19. The molecule has 0 saturated carbocycles. The summed E-state index contributed by atoms with van der Waals surface area (Å²) in [7, 11) is 1.60. The van der Waals surface area contributed by atoms with E-state index in [2.05, 4.69) is 20.8 Å². The van der Waals surface area contributed by atoms with Gasteiger partial charge in [0.15, 0.2) is 5.11 Å². The molecule has 0 amide bonds. The predicted octanol–water partition coefficient (Wildman–Crippen LogP) is 3.95. The minimum absolute atomic E-state index is 0.226. The van der Waals surface area contributed by atoms with E-state index >= 15 is 0 Å². The van der Waals surface area contributed by atoms with Gasteiger partial charge in [-0.25, -0.2) is 9.07 Å². The van der Waals surface area contributed by atoms with Crippen molar-refractivity contribution in [2.24, 2.45) is 0 Å². The number of rotatable bonds is 6. The van der Waals surface area contributed by atoms with E-state index in [1.165, 1.54) is 6.07 Å². The minimum atomic E-state index is -0.361. The van der Waals surface area contributed by atoms with Crippen LogP contribution in [0, 0.1) is 19.7 Å². The topological polar surface area (TPSA) is 68.9 Å². The van der Waals surface area contributed by atoms with Gasteiger partial charge in [0.25, 0.3) is 0 Å². The number of halogens is 2. The predicted molar refractivity (Wildman–Crippen MR) is 111 cm³/mol. The normalized spacial score (nSPS) is 10.9. The smallest absolute Gasteiger partial charge is 0.175 e. The summed E-state index contributed by atoms with van der Waals surface area (Å²) in [6.45, 7) is 4.32. The lowest BCUT2D eigenvalue weighted by atomic mass is 10.2. The molecule has 2 aromatic heterocycles. The number of thiocarbonyl (C=S) groups is 1. The molecule has 148 valence electrons. The van der Waals surface area contributed by atoms with Crippen LogP contribution in [-0.4, -0.2) is 31.8 Å². The van der Waals surface area contributed by atoms with Gasteiger partial charge in [-0.3, -0.25) is 4.68 Å². The molecule has 0 spiro atoms. The summed E-state index contributed by atoms with van der Waals surface area (Å²) in [5.41, 5.74) is 3.44. The number of nitrogens with zero attached hydrogens (tertiary/aromatic N) is 4. The molecule has 28 heavy (non-hydrogen) atoms. The molecule has 3 rings (SSSR count). The summed E-state index contributed by atoms with van der Waals surface area (Å²) < 4.78 is 22.4. The molecule has 10 heteroatoms. The van der Waals surface area contributed by atoms with Gasteiger partial charge in [0.2, 0.25) is 0 Å². The van der Waals surface area contributed by atoms with Gasteiger partial charge in [-0.15, -0.1) is 0 Å². The van der Waals surface area contributed by atoms with Crippen LogP contribution < -0.4 is 10.6 Å². The molecule has 0 atom stereocenters. The van der Waals surface area contributed by atoms with E-state index in [1.807, 2.05) is 13.8 Å². The summed E-state index contributed by atoms with van der Waals surface area (Å²) in [5, 5.41) is 15.6. The molecule has 2 N–H and O–H groups in total. The first kappa shape index (κ1) is 20.2. The van der Waals surface area contributed by atoms with Gasteiger partial charge in [-0.2, -0.15) is 10.2 Å². The second-order valence-corrected chi connectivity index (χ2v) is 6.98. The van der Waals surface area contributed by atoms with Crippen molar-refractivity contribution >= 4 is 40.3 Å². The van der Waals surface area contributed by atoms with E-state index in [0.717, 1.165) is 22.8 Å². The molecule has 7 nitrogen and oxygen atoms in total. The fourth-order valence-electron chi connectivity index (χ4n) is 2.77. The van der Waals surface area contributed by atoms with Crippen molar-refractivity contribution in [1.29, 1.82) is 0 Å². The fraction of sp³-hybridized carbons (Fsp3) is 0.278. The molecule has 0 radical (unpaired) electrons. The second-order valence-electron chi connectivity index (χ2n) is 6.17. The van der Waals surface area contributed by atoms with E-state index < -0.39 is 0 Å². The lowest BCUT2D eigenvalue weighted by Gasteiger charge is -2.11. The van der Waals surface area contributed by atoms with Crippen LogP contribution in [0.2, 0.25) is 5.02 Å². The van der Waals surface area contributed by atoms with E-state index in [0.29, 0.717) is 22.4 Å². The van der Waals surface area contributed by atoms with Gasteiger partial charge in [0, 0.05) is 17.7 Å². The molecule has 2 heterocycles. The molecular weight excluding hydrogens is 403 g/mol. The van der Waals surface area contributed by atoms with Crippen LogP contribution in [-0.2, 0) is 18.0 Å². The van der Waals surface area contributed by atoms with Crippen LogP contribution in [0.25, 0.3) is 0 Å². The standard InChI is InChI=1S/C18H20ClFN6OS/c1-11-17(23-18(28)22-13-7-21-25(8-13)10-27-3)12(2)26(24-11)9-14-15(19)5-4-6-16(14)20/h4-8H,9-10H2,1-3H3,(H2,22,23,28). The van der Waals surface area contributed by atoms with Crippen molar-refractivity contribution in [2.45, 2.75) is 27.1 Å². The number of hydrogen-bond acceptors (Lipinski definition) is 4. The quantitative estimate of drug-likeness (QED) is 0.586. The van der Waals surface area contributed by atoms with Gasteiger partial charge in [-0.1, -0.05) is 17.7 Å². The zero-order valence-electron chi connectivity index (χ0n) is 15.7. The van der Waals surface area contributed by atoms with Crippen LogP contribution in [0.5, 0.6) is 0 Å². The molecule has 0 aliphatic heterocycles. The maximum Gasteiger partial charge on any atom is 0.175 e. The van der Waals surface area contributed by atoms with Crippen molar-refractivity contribution in [2.75, 3.05) is 17.7 Å². The summed E-state index contributed by atoms with van der Waals surface area (Å²) in [4.78, 5) is 0. The van der Waals surface area contributed by atoms with Gasteiger partial charge < -0.3 is 15.4 Å². The first-order chi connectivity index (χ1) is 13.4. The second kappa shape index (κ2) is 8.68. The molecule has 0 unspecified atom stereocenters. The third kappa shape index (κ3) is 4.49. The number of hydrogen-bond donors (Lipinski definition) is 2. The Morgan fingerprint density at radius 1 is 1.32 bits per heavy atom. The number of ether oxygens (including phenoxy) is 1. The molecule has 0 aliphatic rings. The molecule has 3 aromatic rings. The lowest BCUT2D eigenvalue weighted by molar-refractivity contribution is 0.120. The Kier molecular flexibility index (Phi) is 6.28. The summed E-state index contributed by atoms with van der Waals surface area (Å²) >= 11 is 11.5. The Hall–Kier alpha value is -2.49. The van der Waals surface area contributed by atoms with Crippen LogP contribution in [0.3, 0.4) is 0 Å². The van der Waals surface area contributed by atoms with Gasteiger partial charge in [0.05, 0.1) is 41.7 Å². The van der Waals surface area contributed by atoms with Crippen molar-refractivity contribution in [3.63, 3.8) is 0 Å². The molecule has 0 fully saturated rings. The average molecular weight is 423 g/mol. The first-order valence-electron chi connectivity index (χ1n) is 8.45. The number of nitrogens with one attached hydrogen (secondary N) is 2. The monoisotopic (exact) mass is 422 g/mol. The van der Waals surface area contributed by atoms with Gasteiger partial charge in [0.1, 0.15) is 12.5 Å². The Morgan fingerprint density at radius 3 is 2.82 bits per heavy atom.